The van der Waals surface area contributed by atoms with Gasteiger partial charge in [0, 0.05) is 31.1 Å². The van der Waals surface area contributed by atoms with Crippen LogP contribution in [-0.2, 0) is 28.2 Å². The first-order chi connectivity index (χ1) is 21.5. The molecule has 1 aromatic carbocycles. The van der Waals surface area contributed by atoms with Gasteiger partial charge in [-0.3, -0.25) is 9.59 Å². The molecule has 1 unspecified atom stereocenters. The van der Waals surface area contributed by atoms with E-state index in [0.29, 0.717) is 17.6 Å². The predicted octanol–water partition coefficient (Wildman–Crippen LogP) is 5.39. The number of carbonyl (C=O) groups is 3. The van der Waals surface area contributed by atoms with Crippen LogP contribution in [-0.4, -0.2) is 78.5 Å². The zero-order valence-electron chi connectivity index (χ0n) is 28.8. The minimum atomic E-state index is -2.34. The highest BCUT2D eigenvalue weighted by Gasteiger charge is 2.78. The quantitative estimate of drug-likeness (QED) is 0.215. The lowest BCUT2D eigenvalue weighted by molar-refractivity contribution is -0.344. The van der Waals surface area contributed by atoms with Crippen molar-refractivity contribution in [1.82, 2.24) is 0 Å². The summed E-state index contributed by atoms with van der Waals surface area (Å²) in [5.74, 6) is -3.15. The van der Waals surface area contributed by atoms with Crippen LogP contribution in [0, 0.1) is 22.7 Å². The molecule has 9 nitrogen and oxygen atoms in total. The molecular formula is C36H52O9Si. The van der Waals surface area contributed by atoms with Crippen LogP contribution in [0.2, 0.25) is 18.1 Å². The Morgan fingerprint density at radius 3 is 2.20 bits per heavy atom. The minimum absolute atomic E-state index is 0.0238. The number of Topliss-reactive ketones (excluding diaryl/α,β-unsaturated/α-hetero) is 1. The molecule has 254 valence electrons. The van der Waals surface area contributed by atoms with E-state index in [0.717, 1.165) is 18.1 Å². The second-order valence-corrected chi connectivity index (χ2v) is 19.6. The van der Waals surface area contributed by atoms with Gasteiger partial charge in [-0.25, -0.2) is 4.79 Å². The highest BCUT2D eigenvalue weighted by molar-refractivity contribution is 6.73. The maximum atomic E-state index is 15.4. The van der Waals surface area contributed by atoms with Gasteiger partial charge in [0.05, 0.1) is 35.7 Å². The van der Waals surface area contributed by atoms with Gasteiger partial charge in [0.2, 0.25) is 0 Å². The van der Waals surface area contributed by atoms with Crippen molar-refractivity contribution in [2.75, 3.05) is 6.61 Å². The molecule has 4 aliphatic rings. The van der Waals surface area contributed by atoms with Crippen LogP contribution < -0.4 is 0 Å². The van der Waals surface area contributed by atoms with Gasteiger partial charge in [0.15, 0.2) is 13.9 Å². The van der Waals surface area contributed by atoms with E-state index in [9.17, 15) is 19.8 Å². The fourth-order valence-electron chi connectivity index (χ4n) is 9.61. The van der Waals surface area contributed by atoms with Crippen molar-refractivity contribution in [2.24, 2.45) is 22.7 Å². The second kappa shape index (κ2) is 11.9. The molecule has 1 heterocycles. The molecule has 1 saturated heterocycles. The highest BCUT2D eigenvalue weighted by atomic mass is 28.4. The van der Waals surface area contributed by atoms with Crippen molar-refractivity contribution in [3.8, 4) is 0 Å². The Labute approximate surface area is 274 Å². The van der Waals surface area contributed by atoms with Crippen LogP contribution in [0.15, 0.2) is 41.5 Å². The average molecular weight is 657 g/mol. The molecule has 3 aliphatic carbocycles. The van der Waals surface area contributed by atoms with E-state index in [1.807, 2.05) is 34.6 Å². The van der Waals surface area contributed by atoms with Crippen molar-refractivity contribution in [3.05, 3.63) is 47.0 Å². The number of aliphatic hydroxyl groups is 2. The summed E-state index contributed by atoms with van der Waals surface area (Å²) in [6, 6.07) is 11.0. The average Bonchev–Trinajstić information content (AvgIpc) is 3.01. The molecule has 5 rings (SSSR count). The first kappa shape index (κ1) is 34.9. The third kappa shape index (κ3) is 4.88. The molecule has 2 bridgehead atoms. The van der Waals surface area contributed by atoms with Gasteiger partial charge in [-0.1, -0.05) is 59.7 Å². The van der Waals surface area contributed by atoms with Gasteiger partial charge in [-0.2, -0.15) is 0 Å². The molecule has 2 N–H and O–H groups in total. The second-order valence-electron chi connectivity index (χ2n) is 14.8. The van der Waals surface area contributed by atoms with Crippen molar-refractivity contribution in [1.29, 1.82) is 0 Å². The van der Waals surface area contributed by atoms with Crippen LogP contribution in [0.5, 0.6) is 0 Å². The molecule has 9 atom stereocenters. The molecule has 10 heteroatoms. The summed E-state index contributed by atoms with van der Waals surface area (Å²) in [5.41, 5.74) is -4.18. The first-order valence-electron chi connectivity index (χ1n) is 16.9. The van der Waals surface area contributed by atoms with Crippen LogP contribution in [0.4, 0.5) is 0 Å². The summed E-state index contributed by atoms with van der Waals surface area (Å²) in [4.78, 5) is 42.3. The van der Waals surface area contributed by atoms with E-state index in [-0.39, 0.29) is 24.4 Å². The molecule has 3 fully saturated rings. The van der Waals surface area contributed by atoms with E-state index in [2.05, 4.69) is 20.8 Å². The van der Waals surface area contributed by atoms with Crippen molar-refractivity contribution in [3.63, 3.8) is 0 Å². The summed E-state index contributed by atoms with van der Waals surface area (Å²) in [6.07, 6.45) is -3.58. The molecule has 0 spiro atoms. The fourth-order valence-corrected chi connectivity index (χ4v) is 12.6. The largest absolute Gasteiger partial charge is 0.455 e. The molecule has 0 radical (unpaired) electrons. The summed E-state index contributed by atoms with van der Waals surface area (Å²) in [7, 11) is -2.34. The number of hydrogen-bond acceptors (Lipinski definition) is 9. The number of ketones is 1. The number of hydrogen-bond donors (Lipinski definition) is 2. The fraction of sp³-hybridized carbons (Fsp3) is 0.694. The maximum Gasteiger partial charge on any atom is 0.338 e. The van der Waals surface area contributed by atoms with E-state index < -0.39 is 78.5 Å². The molecule has 1 aliphatic heterocycles. The molecule has 0 amide bonds. The van der Waals surface area contributed by atoms with Gasteiger partial charge in [-0.15, -0.1) is 0 Å². The van der Waals surface area contributed by atoms with Gasteiger partial charge < -0.3 is 28.8 Å². The SMILES string of the molecule is CC[Si](CC)(CC)O[C@H]1C[C@H]2OC[C@@]2(OC(C)=O)C2[C@H](OC(=O)c3ccccc3)[C@]3(O)C[C@H](O)C(C)=C([C@@H](C)C(=O)[C@@]21C)C3(C)C. The Morgan fingerprint density at radius 2 is 1.67 bits per heavy atom. The number of carbonyl (C=O) groups excluding carboxylic acids is 3. The molecular weight excluding hydrogens is 604 g/mol. The maximum absolute atomic E-state index is 15.4. The Bertz CT molecular complexity index is 1390. The lowest BCUT2D eigenvalue weighted by Gasteiger charge is -2.68. The molecule has 0 aromatic heterocycles. The Kier molecular flexibility index (Phi) is 9.08. The Morgan fingerprint density at radius 1 is 1.07 bits per heavy atom. The van der Waals surface area contributed by atoms with Crippen molar-refractivity contribution >= 4 is 26.0 Å². The number of fused-ring (bicyclic) bond motifs is 5. The topological polar surface area (TPSA) is 129 Å². The summed E-state index contributed by atoms with van der Waals surface area (Å²) in [6.45, 7) is 16.9. The zero-order valence-corrected chi connectivity index (χ0v) is 29.8. The Balaban J connectivity index is 1.84. The number of rotatable bonds is 8. The Hall–Kier alpha value is -2.37. The lowest BCUT2D eigenvalue weighted by atomic mass is 9.43. The van der Waals surface area contributed by atoms with E-state index in [4.69, 9.17) is 18.6 Å². The van der Waals surface area contributed by atoms with E-state index >= 15 is 4.79 Å². The standard InChI is InChI=1S/C36H52O9Si/c1-10-46(11-2,12-3)45-26-18-27-35(20-42-27,44-23(6)37)29-31(43-32(40)24-16-14-13-15-17-24)36(41)19-25(38)21(4)28(33(36,7)8)22(5)30(39)34(26,29)9/h13-17,22,25-27,29,31,38,41H,10-12,18-20H2,1-9H3/t22-,25+,26+,27-,29?,31+,34-,35+,36-/m1/s1. The number of benzene rings is 1. The monoisotopic (exact) mass is 656 g/mol. The molecule has 46 heavy (non-hydrogen) atoms. The van der Waals surface area contributed by atoms with Gasteiger partial charge >= 0.3 is 11.9 Å². The van der Waals surface area contributed by atoms with Crippen LogP contribution >= 0.6 is 0 Å². The third-order valence-corrected chi connectivity index (χ3v) is 17.2. The van der Waals surface area contributed by atoms with Crippen molar-refractivity contribution < 1.29 is 43.2 Å². The third-order valence-electron chi connectivity index (χ3n) is 12.5. The normalized spacial score (nSPS) is 38.5. The lowest BCUT2D eigenvalue weighted by Crippen LogP contribution is -2.81. The number of aliphatic hydroxyl groups excluding tert-OH is 1. The van der Waals surface area contributed by atoms with E-state index in [1.54, 1.807) is 30.3 Å². The predicted molar refractivity (Wildman–Crippen MR) is 174 cm³/mol. The van der Waals surface area contributed by atoms with Gasteiger partial charge in [-0.05, 0) is 55.3 Å². The zero-order chi connectivity index (χ0) is 34.0. The highest BCUT2D eigenvalue weighted by Crippen LogP contribution is 2.65. The van der Waals surface area contributed by atoms with Crippen LogP contribution in [0.1, 0.15) is 85.5 Å². The number of esters is 2. The minimum Gasteiger partial charge on any atom is -0.455 e. The number of ether oxygens (including phenoxy) is 3. The van der Waals surface area contributed by atoms with Gasteiger partial charge in [0.25, 0.3) is 0 Å². The summed E-state index contributed by atoms with van der Waals surface area (Å²) in [5, 5.41) is 24.6. The summed E-state index contributed by atoms with van der Waals surface area (Å²) < 4.78 is 26.1. The first-order valence-corrected chi connectivity index (χ1v) is 19.4. The van der Waals surface area contributed by atoms with Gasteiger partial charge in [0.1, 0.15) is 23.6 Å². The molecule has 2 saturated carbocycles. The smallest absolute Gasteiger partial charge is 0.338 e. The van der Waals surface area contributed by atoms with Crippen LogP contribution in [0.3, 0.4) is 0 Å². The summed E-state index contributed by atoms with van der Waals surface area (Å²) >= 11 is 0. The molecule has 1 aromatic rings. The van der Waals surface area contributed by atoms with E-state index in [1.165, 1.54) is 6.92 Å². The van der Waals surface area contributed by atoms with Crippen molar-refractivity contribution in [2.45, 2.75) is 129 Å². The van der Waals surface area contributed by atoms with Crippen LogP contribution in [0.25, 0.3) is 0 Å².